The molecule has 0 aliphatic heterocycles. The van der Waals surface area contributed by atoms with Gasteiger partial charge in [-0.3, -0.25) is 9.59 Å². The third-order valence-corrected chi connectivity index (χ3v) is 7.75. The van der Waals surface area contributed by atoms with E-state index in [0.29, 0.717) is 30.6 Å². The topological polar surface area (TPSA) is 148 Å². The summed E-state index contributed by atoms with van der Waals surface area (Å²) < 4.78 is 13.0. The number of nitrogens with two attached hydrogens (primary N) is 2. The van der Waals surface area contributed by atoms with Crippen molar-refractivity contribution in [3.8, 4) is 0 Å². The molecule has 0 fully saturated rings. The van der Waals surface area contributed by atoms with E-state index in [2.05, 4.69) is 34.0 Å². The normalized spacial score (nSPS) is 13.8. The highest BCUT2D eigenvalue weighted by Gasteiger charge is 2.22. The van der Waals surface area contributed by atoms with Crippen molar-refractivity contribution < 1.29 is 19.1 Å². The summed E-state index contributed by atoms with van der Waals surface area (Å²) in [4.78, 5) is 37.5. The lowest BCUT2D eigenvalue weighted by molar-refractivity contribution is -0.149. The molecule has 0 spiro atoms. The Morgan fingerprint density at radius 3 is 2.38 bits per heavy atom. The van der Waals surface area contributed by atoms with E-state index in [4.69, 9.17) is 20.9 Å². The Morgan fingerprint density at radius 2 is 1.67 bits per heavy atom. The predicted octanol–water partition coefficient (Wildman–Crippen LogP) is 6.13. The molecule has 10 heteroatoms. The maximum absolute atomic E-state index is 12.5. The van der Waals surface area contributed by atoms with Gasteiger partial charge >= 0.3 is 11.9 Å². The van der Waals surface area contributed by atoms with Crippen molar-refractivity contribution in [2.24, 2.45) is 17.6 Å². The highest BCUT2D eigenvalue weighted by atomic mass is 16.5. The predicted molar refractivity (Wildman–Crippen MR) is 167 cm³/mol. The van der Waals surface area contributed by atoms with Crippen LogP contribution in [0.4, 0.5) is 5.95 Å². The molecule has 0 aliphatic rings. The summed E-state index contributed by atoms with van der Waals surface area (Å²) in [6.45, 7) is 7.03. The molecule has 0 unspecified atom stereocenters. The molecular weight excluding hydrogens is 532 g/mol. The first-order valence-electron chi connectivity index (χ1n) is 16.0. The van der Waals surface area contributed by atoms with Gasteiger partial charge in [0, 0.05) is 18.9 Å². The minimum Gasteiger partial charge on any atom is -0.465 e. The molecule has 3 atom stereocenters. The Labute approximate surface area is 252 Å². The molecule has 0 amide bonds. The summed E-state index contributed by atoms with van der Waals surface area (Å²) in [5.74, 6) is -0.529. The largest absolute Gasteiger partial charge is 0.465 e. The molecule has 0 aliphatic carbocycles. The Kier molecular flexibility index (Phi) is 17.4. The number of ether oxygens (including phenoxy) is 2. The Balaban J connectivity index is 1.74. The van der Waals surface area contributed by atoms with E-state index in [0.717, 1.165) is 32.1 Å². The Morgan fingerprint density at radius 1 is 0.976 bits per heavy atom. The summed E-state index contributed by atoms with van der Waals surface area (Å²) in [5, 5.41) is 0. The van der Waals surface area contributed by atoms with E-state index in [1.807, 2.05) is 18.4 Å². The number of unbranched alkanes of at least 4 members (excludes halogenated alkanes) is 9. The first-order valence-corrected chi connectivity index (χ1v) is 16.0. The molecule has 0 saturated heterocycles. The number of carbonyl (C=O) groups excluding carboxylic acids is 2. The van der Waals surface area contributed by atoms with Gasteiger partial charge in [0.15, 0.2) is 5.65 Å². The van der Waals surface area contributed by atoms with E-state index in [1.54, 1.807) is 12.5 Å². The van der Waals surface area contributed by atoms with Gasteiger partial charge < -0.3 is 25.5 Å². The number of imidazole rings is 1. The lowest BCUT2D eigenvalue weighted by Gasteiger charge is -2.20. The van der Waals surface area contributed by atoms with Crippen LogP contribution in [0.2, 0.25) is 0 Å². The molecule has 2 rings (SSSR count). The number of aromatic nitrogens is 4. The Bertz CT molecular complexity index is 1070. The minimum absolute atomic E-state index is 0.0404. The third-order valence-electron chi connectivity index (χ3n) is 7.75. The number of carbonyl (C=O) groups is 2. The number of hydrogen-bond acceptors (Lipinski definition) is 9. The number of allylic oxidation sites excluding steroid dienone is 2. The van der Waals surface area contributed by atoms with Crippen molar-refractivity contribution in [3.05, 3.63) is 24.7 Å². The van der Waals surface area contributed by atoms with Crippen molar-refractivity contribution in [1.82, 2.24) is 19.5 Å². The summed E-state index contributed by atoms with van der Waals surface area (Å²) in [7, 11) is 0. The van der Waals surface area contributed by atoms with Gasteiger partial charge in [-0.25, -0.2) is 9.97 Å². The fraction of sp³-hybridized carbons (Fsp3) is 0.719. The van der Waals surface area contributed by atoms with Crippen molar-refractivity contribution in [2.75, 3.05) is 18.9 Å². The second kappa shape index (κ2) is 20.8. The zero-order chi connectivity index (χ0) is 30.6. The van der Waals surface area contributed by atoms with Gasteiger partial charge in [0.1, 0.15) is 11.6 Å². The van der Waals surface area contributed by atoms with Crippen molar-refractivity contribution in [1.29, 1.82) is 0 Å². The smallest absolute Gasteiger partial charge is 0.323 e. The minimum atomic E-state index is -0.652. The van der Waals surface area contributed by atoms with Crippen LogP contribution in [-0.2, 0) is 25.6 Å². The molecule has 0 bridgehead atoms. The number of hydrogen-bond donors (Lipinski definition) is 2. The van der Waals surface area contributed by atoms with Gasteiger partial charge in [-0.15, -0.1) is 0 Å². The lowest BCUT2D eigenvalue weighted by Crippen LogP contribution is -2.38. The van der Waals surface area contributed by atoms with Crippen molar-refractivity contribution in [2.45, 2.75) is 123 Å². The first-order chi connectivity index (χ1) is 20.3. The Hall–Kier alpha value is -3.01. The van der Waals surface area contributed by atoms with E-state index >= 15 is 0 Å². The molecule has 4 N–H and O–H groups in total. The molecule has 42 heavy (non-hydrogen) atoms. The SMILES string of the molecule is CCCCCCC=CCCCCCCCC(=O)OC[C@H](CCOC(=O)[C@@H](N)[C@@H](C)CC)Cn1cnc2cnc(N)nc21. The summed E-state index contributed by atoms with van der Waals surface area (Å²) in [5.41, 5.74) is 13.0. The second-order valence-electron chi connectivity index (χ2n) is 11.4. The molecule has 2 aromatic heterocycles. The molecule has 10 nitrogen and oxygen atoms in total. The molecule has 236 valence electrons. The van der Waals surface area contributed by atoms with Gasteiger partial charge in [-0.2, -0.15) is 4.98 Å². The van der Waals surface area contributed by atoms with Crippen LogP contribution in [-0.4, -0.2) is 50.7 Å². The zero-order valence-corrected chi connectivity index (χ0v) is 26.1. The fourth-order valence-corrected chi connectivity index (χ4v) is 4.69. The average molecular weight is 587 g/mol. The van der Waals surface area contributed by atoms with Crippen LogP contribution in [0.3, 0.4) is 0 Å². The molecule has 0 aromatic carbocycles. The summed E-state index contributed by atoms with van der Waals surface area (Å²) in [6.07, 6.45) is 22.5. The van der Waals surface area contributed by atoms with Crippen LogP contribution in [0.1, 0.15) is 111 Å². The number of nitrogen functional groups attached to an aromatic ring is 1. The maximum atomic E-state index is 12.5. The highest BCUT2D eigenvalue weighted by Crippen LogP contribution is 2.17. The molecule has 0 radical (unpaired) electrons. The van der Waals surface area contributed by atoms with Gasteiger partial charge in [0.05, 0.1) is 25.7 Å². The van der Waals surface area contributed by atoms with Crippen LogP contribution in [0, 0.1) is 11.8 Å². The fourth-order valence-electron chi connectivity index (χ4n) is 4.69. The van der Waals surface area contributed by atoms with E-state index < -0.39 is 12.0 Å². The van der Waals surface area contributed by atoms with Gasteiger partial charge in [-0.05, 0) is 44.4 Å². The molecule has 0 saturated carbocycles. The van der Waals surface area contributed by atoms with Gasteiger partial charge in [-0.1, -0.05) is 77.9 Å². The first kappa shape index (κ1) is 35.2. The monoisotopic (exact) mass is 586 g/mol. The standard InChI is InChI=1S/C32H54N6O4/c1-4-6-7-8-9-10-11-12-13-14-15-16-17-18-28(39)42-23-26(19-20-41-31(40)29(33)25(3)5-2)22-38-24-36-27-21-35-32(34)37-30(27)38/h10-11,21,24-26,29H,4-9,12-20,22-23,33H2,1-3H3,(H2,34,35,37)/t25-,26+,29-/m0/s1. The molecule has 2 heterocycles. The summed E-state index contributed by atoms with van der Waals surface area (Å²) >= 11 is 0. The zero-order valence-electron chi connectivity index (χ0n) is 26.1. The van der Waals surface area contributed by atoms with Crippen LogP contribution in [0.25, 0.3) is 11.2 Å². The quantitative estimate of drug-likeness (QED) is 0.0890. The van der Waals surface area contributed by atoms with E-state index in [9.17, 15) is 9.59 Å². The number of nitrogens with zero attached hydrogens (tertiary/aromatic N) is 4. The maximum Gasteiger partial charge on any atom is 0.323 e. The van der Waals surface area contributed by atoms with E-state index in [1.165, 1.54) is 44.9 Å². The molecular formula is C32H54N6O4. The highest BCUT2D eigenvalue weighted by molar-refractivity contribution is 5.75. The van der Waals surface area contributed by atoms with Gasteiger partial charge in [0.2, 0.25) is 5.95 Å². The van der Waals surface area contributed by atoms with Crippen LogP contribution in [0.15, 0.2) is 24.7 Å². The number of anilines is 1. The van der Waals surface area contributed by atoms with E-state index in [-0.39, 0.29) is 37.0 Å². The van der Waals surface area contributed by atoms with Gasteiger partial charge in [0.25, 0.3) is 0 Å². The number of rotatable bonds is 23. The second-order valence-corrected chi connectivity index (χ2v) is 11.4. The summed E-state index contributed by atoms with van der Waals surface area (Å²) in [6, 6.07) is -0.652. The van der Waals surface area contributed by atoms with Crippen LogP contribution >= 0.6 is 0 Å². The van der Waals surface area contributed by atoms with Crippen LogP contribution in [0.5, 0.6) is 0 Å². The third kappa shape index (κ3) is 13.8. The average Bonchev–Trinajstić information content (AvgIpc) is 3.38. The molecule has 2 aromatic rings. The number of fused-ring (bicyclic) bond motifs is 1. The van der Waals surface area contributed by atoms with Crippen molar-refractivity contribution >= 4 is 29.1 Å². The number of esters is 2. The lowest BCUT2D eigenvalue weighted by atomic mass is 10.0. The van der Waals surface area contributed by atoms with Crippen molar-refractivity contribution in [3.63, 3.8) is 0 Å². The van der Waals surface area contributed by atoms with Crippen LogP contribution < -0.4 is 11.5 Å².